The molecule has 0 fully saturated rings. The number of halogens is 1. The molecule has 0 amide bonds. The largest absolute Gasteiger partial charge is 0.398 e. The van der Waals surface area contributed by atoms with E-state index in [1.54, 1.807) is 17.4 Å². The van der Waals surface area contributed by atoms with Crippen molar-refractivity contribution in [2.24, 2.45) is 0 Å². The first-order valence-corrected chi connectivity index (χ1v) is 5.31. The van der Waals surface area contributed by atoms with E-state index in [-0.39, 0.29) is 0 Å². The van der Waals surface area contributed by atoms with Crippen LogP contribution in [0.3, 0.4) is 0 Å². The highest BCUT2D eigenvalue weighted by Crippen LogP contribution is 2.34. The van der Waals surface area contributed by atoms with Crippen LogP contribution < -0.4 is 5.73 Å². The zero-order valence-electron chi connectivity index (χ0n) is 6.58. The Kier molecular flexibility index (Phi) is 2.09. The third-order valence-electron chi connectivity index (χ3n) is 1.81. The highest BCUT2D eigenvalue weighted by Gasteiger charge is 2.05. The number of thiophene rings is 1. The SMILES string of the molecule is Nc1cc(C=O)cc2c(Br)csc12. The molecule has 2 rings (SSSR count). The molecule has 2 nitrogen and oxygen atoms in total. The molecule has 0 unspecified atom stereocenters. The number of nitrogens with two attached hydrogens (primary N) is 1. The van der Waals surface area contributed by atoms with Gasteiger partial charge in [0.05, 0.1) is 10.4 Å². The van der Waals surface area contributed by atoms with Crippen molar-refractivity contribution in [3.05, 3.63) is 27.5 Å². The minimum absolute atomic E-state index is 0.615. The molecule has 0 spiro atoms. The average molecular weight is 256 g/mol. The van der Waals surface area contributed by atoms with Gasteiger partial charge in [0, 0.05) is 20.8 Å². The zero-order chi connectivity index (χ0) is 9.42. The average Bonchev–Trinajstić information content (AvgIpc) is 2.48. The predicted molar refractivity (Wildman–Crippen MR) is 59.3 cm³/mol. The van der Waals surface area contributed by atoms with Crippen molar-refractivity contribution in [1.29, 1.82) is 0 Å². The smallest absolute Gasteiger partial charge is 0.150 e. The van der Waals surface area contributed by atoms with E-state index in [1.165, 1.54) is 0 Å². The first kappa shape index (κ1) is 8.72. The standard InChI is InChI=1S/C9H6BrNOS/c10-7-4-13-9-6(7)1-5(3-12)2-8(9)11/h1-4H,11H2. The number of hydrogen-bond acceptors (Lipinski definition) is 3. The minimum Gasteiger partial charge on any atom is -0.398 e. The van der Waals surface area contributed by atoms with E-state index in [0.29, 0.717) is 11.3 Å². The summed E-state index contributed by atoms with van der Waals surface area (Å²) < 4.78 is 2.01. The summed E-state index contributed by atoms with van der Waals surface area (Å²) in [7, 11) is 0. The van der Waals surface area contributed by atoms with Gasteiger partial charge >= 0.3 is 0 Å². The summed E-state index contributed by atoms with van der Waals surface area (Å²) in [4.78, 5) is 10.6. The lowest BCUT2D eigenvalue weighted by Gasteiger charge is -1.97. The van der Waals surface area contributed by atoms with Gasteiger partial charge < -0.3 is 5.73 Å². The molecule has 0 atom stereocenters. The summed E-state index contributed by atoms with van der Waals surface area (Å²) in [6.45, 7) is 0. The molecule has 0 radical (unpaired) electrons. The number of fused-ring (bicyclic) bond motifs is 1. The summed E-state index contributed by atoms with van der Waals surface area (Å²) in [5.74, 6) is 0. The summed E-state index contributed by atoms with van der Waals surface area (Å²) >= 11 is 4.98. The van der Waals surface area contributed by atoms with Gasteiger partial charge in [-0.15, -0.1) is 11.3 Å². The number of aldehydes is 1. The van der Waals surface area contributed by atoms with Crippen LogP contribution in [0.15, 0.2) is 22.0 Å². The van der Waals surface area contributed by atoms with Gasteiger partial charge in [-0.1, -0.05) is 0 Å². The Hall–Kier alpha value is -0.870. The zero-order valence-corrected chi connectivity index (χ0v) is 8.98. The fraction of sp³-hybridized carbons (Fsp3) is 0. The molecule has 1 heterocycles. The van der Waals surface area contributed by atoms with E-state index in [2.05, 4.69) is 15.9 Å². The Labute approximate surface area is 87.5 Å². The Morgan fingerprint density at radius 3 is 2.92 bits per heavy atom. The number of hydrogen-bond donors (Lipinski definition) is 1. The van der Waals surface area contributed by atoms with Gasteiger partial charge in [-0.05, 0) is 28.1 Å². The van der Waals surface area contributed by atoms with Crippen molar-refractivity contribution in [2.75, 3.05) is 5.73 Å². The minimum atomic E-state index is 0.615. The lowest BCUT2D eigenvalue weighted by molar-refractivity contribution is 0.112. The summed E-state index contributed by atoms with van der Waals surface area (Å²) in [6.07, 6.45) is 0.805. The lowest BCUT2D eigenvalue weighted by Crippen LogP contribution is -1.87. The Balaban J connectivity index is 2.87. The Morgan fingerprint density at radius 1 is 1.46 bits per heavy atom. The van der Waals surface area contributed by atoms with E-state index >= 15 is 0 Å². The van der Waals surface area contributed by atoms with Gasteiger partial charge in [0.1, 0.15) is 6.29 Å². The van der Waals surface area contributed by atoms with Gasteiger partial charge in [0.2, 0.25) is 0 Å². The van der Waals surface area contributed by atoms with Gasteiger partial charge in [0.25, 0.3) is 0 Å². The number of carbonyl (C=O) groups is 1. The molecule has 0 aliphatic rings. The van der Waals surface area contributed by atoms with Crippen molar-refractivity contribution in [3.8, 4) is 0 Å². The molecule has 0 aliphatic carbocycles. The van der Waals surface area contributed by atoms with Crippen LogP contribution in [0.5, 0.6) is 0 Å². The third kappa shape index (κ3) is 1.36. The van der Waals surface area contributed by atoms with Crippen molar-refractivity contribution in [3.63, 3.8) is 0 Å². The van der Waals surface area contributed by atoms with Gasteiger partial charge in [-0.25, -0.2) is 0 Å². The maximum absolute atomic E-state index is 10.6. The fourth-order valence-corrected chi connectivity index (χ4v) is 2.79. The van der Waals surface area contributed by atoms with E-state index in [1.807, 2.05) is 11.4 Å². The van der Waals surface area contributed by atoms with E-state index in [4.69, 9.17) is 5.73 Å². The normalized spacial score (nSPS) is 10.5. The second-order valence-corrected chi connectivity index (χ2v) is 4.42. The van der Waals surface area contributed by atoms with Crippen LogP contribution in [0, 0.1) is 0 Å². The quantitative estimate of drug-likeness (QED) is 0.629. The fourth-order valence-electron chi connectivity index (χ4n) is 1.23. The van der Waals surface area contributed by atoms with Crippen molar-refractivity contribution < 1.29 is 4.79 Å². The topological polar surface area (TPSA) is 43.1 Å². The molecular formula is C9H6BrNOS. The molecule has 4 heteroatoms. The maximum atomic E-state index is 10.6. The molecule has 66 valence electrons. The van der Waals surface area contributed by atoms with Crippen LogP contribution in [-0.2, 0) is 0 Å². The second kappa shape index (κ2) is 3.12. The highest BCUT2D eigenvalue weighted by atomic mass is 79.9. The number of anilines is 1. The number of rotatable bonds is 1. The third-order valence-corrected chi connectivity index (χ3v) is 3.82. The summed E-state index contributed by atoms with van der Waals surface area (Å²) in [6, 6.07) is 3.53. The number of carbonyl (C=O) groups excluding carboxylic acids is 1. The molecule has 2 aromatic rings. The van der Waals surface area contributed by atoms with Gasteiger partial charge in [-0.2, -0.15) is 0 Å². The number of benzene rings is 1. The Bertz CT molecular complexity index is 478. The first-order chi connectivity index (χ1) is 6.22. The van der Waals surface area contributed by atoms with Crippen molar-refractivity contribution in [1.82, 2.24) is 0 Å². The molecule has 1 aromatic carbocycles. The van der Waals surface area contributed by atoms with Crippen LogP contribution in [0.4, 0.5) is 5.69 Å². The maximum Gasteiger partial charge on any atom is 0.150 e. The lowest BCUT2D eigenvalue weighted by atomic mass is 10.1. The second-order valence-electron chi connectivity index (χ2n) is 2.69. The summed E-state index contributed by atoms with van der Waals surface area (Å²) in [5, 5.41) is 2.97. The first-order valence-electron chi connectivity index (χ1n) is 3.64. The van der Waals surface area contributed by atoms with Crippen LogP contribution in [0.25, 0.3) is 10.1 Å². The molecule has 0 aliphatic heterocycles. The van der Waals surface area contributed by atoms with E-state index in [9.17, 15) is 4.79 Å². The Morgan fingerprint density at radius 2 is 2.23 bits per heavy atom. The molecule has 0 bridgehead atoms. The van der Waals surface area contributed by atoms with E-state index in [0.717, 1.165) is 20.8 Å². The number of nitrogen functional groups attached to an aromatic ring is 1. The monoisotopic (exact) mass is 255 g/mol. The van der Waals surface area contributed by atoms with Gasteiger partial charge in [-0.3, -0.25) is 4.79 Å². The molecule has 0 saturated carbocycles. The molecular weight excluding hydrogens is 250 g/mol. The summed E-state index contributed by atoms with van der Waals surface area (Å²) in [5.41, 5.74) is 7.05. The molecule has 13 heavy (non-hydrogen) atoms. The molecule has 0 saturated heterocycles. The van der Waals surface area contributed by atoms with Crippen LogP contribution >= 0.6 is 27.3 Å². The molecule has 1 aromatic heterocycles. The highest BCUT2D eigenvalue weighted by molar-refractivity contribution is 9.10. The van der Waals surface area contributed by atoms with E-state index < -0.39 is 0 Å². The van der Waals surface area contributed by atoms with Crippen LogP contribution in [-0.4, -0.2) is 6.29 Å². The predicted octanol–water partition coefficient (Wildman–Crippen LogP) is 3.06. The van der Waals surface area contributed by atoms with Crippen molar-refractivity contribution in [2.45, 2.75) is 0 Å². The van der Waals surface area contributed by atoms with Crippen LogP contribution in [0.1, 0.15) is 10.4 Å². The van der Waals surface area contributed by atoms with Gasteiger partial charge in [0.15, 0.2) is 0 Å². The van der Waals surface area contributed by atoms with Crippen LogP contribution in [0.2, 0.25) is 0 Å². The van der Waals surface area contributed by atoms with Crippen molar-refractivity contribution >= 4 is 49.3 Å². The molecule has 2 N–H and O–H groups in total.